The van der Waals surface area contributed by atoms with Gasteiger partial charge in [0.2, 0.25) is 6.79 Å². The molecule has 1 N–H and O–H groups in total. The SMILES string of the molecule is CC(C)(C)OC(=O)N1C[C@H](C(=O)O)[C@@H](c2ccc3c(c2)OCO3)C1. The van der Waals surface area contributed by atoms with Crippen molar-refractivity contribution in [1.82, 2.24) is 4.90 Å². The summed E-state index contributed by atoms with van der Waals surface area (Å²) >= 11 is 0. The zero-order valence-electron chi connectivity index (χ0n) is 13.9. The highest BCUT2D eigenvalue weighted by Gasteiger charge is 2.42. The van der Waals surface area contributed by atoms with Crippen LogP contribution >= 0.6 is 0 Å². The number of aliphatic carboxylic acids is 1. The van der Waals surface area contributed by atoms with Crippen molar-refractivity contribution in [2.75, 3.05) is 19.9 Å². The van der Waals surface area contributed by atoms with Gasteiger partial charge >= 0.3 is 12.1 Å². The second-order valence-electron chi connectivity index (χ2n) is 7.05. The first-order valence-electron chi connectivity index (χ1n) is 7.85. The summed E-state index contributed by atoms with van der Waals surface area (Å²) in [7, 11) is 0. The molecule has 0 bridgehead atoms. The quantitative estimate of drug-likeness (QED) is 0.893. The van der Waals surface area contributed by atoms with E-state index in [2.05, 4.69) is 0 Å². The molecule has 1 aromatic rings. The number of hydrogen-bond donors (Lipinski definition) is 1. The Bertz CT molecular complexity index is 666. The number of carbonyl (C=O) groups excluding carboxylic acids is 1. The topological polar surface area (TPSA) is 85.3 Å². The smallest absolute Gasteiger partial charge is 0.410 e. The van der Waals surface area contributed by atoms with Crippen LogP contribution in [-0.2, 0) is 9.53 Å². The molecular formula is C17H21NO6. The fraction of sp³-hybridized carbons (Fsp3) is 0.529. The number of fused-ring (bicyclic) bond motifs is 1. The van der Waals surface area contributed by atoms with Gasteiger partial charge in [0, 0.05) is 19.0 Å². The Balaban J connectivity index is 1.81. The van der Waals surface area contributed by atoms with Crippen molar-refractivity contribution >= 4 is 12.1 Å². The average Bonchev–Trinajstić information content (AvgIpc) is 3.11. The summed E-state index contributed by atoms with van der Waals surface area (Å²) in [5, 5.41) is 9.54. The highest BCUT2D eigenvalue weighted by molar-refractivity contribution is 5.76. The number of ether oxygens (including phenoxy) is 3. The van der Waals surface area contributed by atoms with Crippen molar-refractivity contribution in [2.45, 2.75) is 32.3 Å². The predicted molar refractivity (Wildman–Crippen MR) is 84.2 cm³/mol. The van der Waals surface area contributed by atoms with Gasteiger partial charge in [-0.2, -0.15) is 0 Å². The van der Waals surface area contributed by atoms with Gasteiger partial charge in [0.05, 0.1) is 5.92 Å². The lowest BCUT2D eigenvalue weighted by molar-refractivity contribution is -0.141. The van der Waals surface area contributed by atoms with Crippen molar-refractivity contribution in [3.63, 3.8) is 0 Å². The molecule has 0 saturated carbocycles. The van der Waals surface area contributed by atoms with Crippen LogP contribution in [0.3, 0.4) is 0 Å². The van der Waals surface area contributed by atoms with Crippen molar-refractivity contribution in [1.29, 1.82) is 0 Å². The van der Waals surface area contributed by atoms with Crippen molar-refractivity contribution < 1.29 is 28.9 Å². The Morgan fingerprint density at radius 3 is 2.58 bits per heavy atom. The molecule has 0 unspecified atom stereocenters. The normalized spacial score (nSPS) is 22.5. The molecule has 7 nitrogen and oxygen atoms in total. The average molecular weight is 335 g/mol. The number of nitrogens with zero attached hydrogens (tertiary/aromatic N) is 1. The largest absolute Gasteiger partial charge is 0.481 e. The Hall–Kier alpha value is -2.44. The van der Waals surface area contributed by atoms with Gasteiger partial charge in [-0.3, -0.25) is 4.79 Å². The molecular weight excluding hydrogens is 314 g/mol. The van der Waals surface area contributed by atoms with E-state index in [0.717, 1.165) is 5.56 Å². The highest BCUT2D eigenvalue weighted by atomic mass is 16.7. The number of hydrogen-bond acceptors (Lipinski definition) is 5. The zero-order valence-corrected chi connectivity index (χ0v) is 13.9. The Kier molecular flexibility index (Phi) is 4.03. The van der Waals surface area contributed by atoms with E-state index < -0.39 is 23.6 Å². The summed E-state index contributed by atoms with van der Waals surface area (Å²) < 4.78 is 16.0. The molecule has 0 aliphatic carbocycles. The van der Waals surface area contributed by atoms with Crippen LogP contribution in [0.4, 0.5) is 4.79 Å². The number of benzene rings is 1. The van der Waals surface area contributed by atoms with Crippen LogP contribution in [0, 0.1) is 5.92 Å². The number of carboxylic acid groups (broad SMARTS) is 1. The lowest BCUT2D eigenvalue weighted by atomic mass is 9.89. The number of carbonyl (C=O) groups is 2. The van der Waals surface area contributed by atoms with Crippen molar-refractivity contribution in [3.05, 3.63) is 23.8 Å². The molecule has 7 heteroatoms. The third kappa shape index (κ3) is 3.25. The predicted octanol–water partition coefficient (Wildman–Crippen LogP) is 2.45. The Labute approximate surface area is 140 Å². The maximum Gasteiger partial charge on any atom is 0.410 e. The molecule has 2 heterocycles. The molecule has 2 aliphatic heterocycles. The summed E-state index contributed by atoms with van der Waals surface area (Å²) in [6, 6.07) is 5.39. The van der Waals surface area contributed by atoms with Crippen LogP contribution in [-0.4, -0.2) is 47.6 Å². The number of carboxylic acids is 1. The molecule has 130 valence electrons. The van der Waals surface area contributed by atoms with Crippen LogP contribution in [0.1, 0.15) is 32.3 Å². The molecule has 0 radical (unpaired) electrons. The van der Waals surface area contributed by atoms with Crippen LogP contribution < -0.4 is 9.47 Å². The van der Waals surface area contributed by atoms with Crippen molar-refractivity contribution in [2.24, 2.45) is 5.92 Å². The number of likely N-dealkylation sites (tertiary alicyclic amines) is 1. The molecule has 2 atom stereocenters. The summed E-state index contributed by atoms with van der Waals surface area (Å²) in [6.07, 6.45) is -0.489. The zero-order chi connectivity index (χ0) is 17.5. The molecule has 1 saturated heterocycles. The standard InChI is InChI=1S/C17H21NO6/c1-17(2,3)24-16(21)18-7-11(12(8-18)15(19)20)10-4-5-13-14(6-10)23-9-22-13/h4-6,11-12H,7-9H2,1-3H3,(H,19,20)/t11-,12+/m1/s1. The van der Waals surface area contributed by atoms with Gasteiger partial charge in [-0.05, 0) is 38.5 Å². The van der Waals surface area contributed by atoms with Gasteiger partial charge in [0.25, 0.3) is 0 Å². The fourth-order valence-corrected chi connectivity index (χ4v) is 3.01. The van der Waals surface area contributed by atoms with E-state index in [9.17, 15) is 14.7 Å². The molecule has 0 spiro atoms. The second kappa shape index (κ2) is 5.89. The molecule has 2 aliphatic rings. The first-order valence-corrected chi connectivity index (χ1v) is 7.85. The summed E-state index contributed by atoms with van der Waals surface area (Å²) in [6.45, 7) is 5.94. The summed E-state index contributed by atoms with van der Waals surface area (Å²) in [5.74, 6) is -0.675. The third-order valence-corrected chi connectivity index (χ3v) is 4.11. The second-order valence-corrected chi connectivity index (χ2v) is 7.05. The van der Waals surface area contributed by atoms with Gasteiger partial charge in [-0.25, -0.2) is 4.79 Å². The Morgan fingerprint density at radius 1 is 1.21 bits per heavy atom. The van der Waals surface area contributed by atoms with E-state index in [0.29, 0.717) is 18.0 Å². The van der Waals surface area contributed by atoms with Gasteiger partial charge in [0.15, 0.2) is 11.5 Å². The van der Waals surface area contributed by atoms with E-state index in [1.54, 1.807) is 32.9 Å². The van der Waals surface area contributed by atoms with E-state index in [-0.39, 0.29) is 19.3 Å². The molecule has 0 aromatic heterocycles. The maximum atomic E-state index is 12.3. The summed E-state index contributed by atoms with van der Waals surface area (Å²) in [4.78, 5) is 25.4. The number of rotatable bonds is 2. The molecule has 1 aromatic carbocycles. The van der Waals surface area contributed by atoms with E-state index in [1.807, 2.05) is 6.07 Å². The summed E-state index contributed by atoms with van der Waals surface area (Å²) in [5.41, 5.74) is 0.199. The maximum absolute atomic E-state index is 12.3. The van der Waals surface area contributed by atoms with Crippen LogP contribution in [0.15, 0.2) is 18.2 Å². The minimum absolute atomic E-state index is 0.128. The van der Waals surface area contributed by atoms with Gasteiger partial charge in [-0.15, -0.1) is 0 Å². The molecule has 24 heavy (non-hydrogen) atoms. The lowest BCUT2D eigenvalue weighted by Gasteiger charge is -2.24. The van der Waals surface area contributed by atoms with Gasteiger partial charge in [0.1, 0.15) is 5.60 Å². The monoisotopic (exact) mass is 335 g/mol. The first-order chi connectivity index (χ1) is 11.2. The fourth-order valence-electron chi connectivity index (χ4n) is 3.01. The molecule has 1 amide bonds. The number of amides is 1. The minimum Gasteiger partial charge on any atom is -0.481 e. The highest BCUT2D eigenvalue weighted by Crippen LogP contribution is 2.39. The van der Waals surface area contributed by atoms with E-state index >= 15 is 0 Å². The van der Waals surface area contributed by atoms with Crippen LogP contribution in [0.2, 0.25) is 0 Å². The van der Waals surface area contributed by atoms with Gasteiger partial charge < -0.3 is 24.2 Å². The van der Waals surface area contributed by atoms with Crippen LogP contribution in [0.25, 0.3) is 0 Å². The first kappa shape index (κ1) is 16.4. The van der Waals surface area contributed by atoms with Crippen molar-refractivity contribution in [3.8, 4) is 11.5 Å². The lowest BCUT2D eigenvalue weighted by Crippen LogP contribution is -2.35. The van der Waals surface area contributed by atoms with Gasteiger partial charge in [-0.1, -0.05) is 6.07 Å². The Morgan fingerprint density at radius 2 is 1.92 bits per heavy atom. The third-order valence-electron chi connectivity index (χ3n) is 4.11. The molecule has 3 rings (SSSR count). The minimum atomic E-state index is -0.927. The van der Waals surface area contributed by atoms with E-state index in [1.165, 1.54) is 4.90 Å². The van der Waals surface area contributed by atoms with Crippen LogP contribution in [0.5, 0.6) is 11.5 Å². The van der Waals surface area contributed by atoms with E-state index in [4.69, 9.17) is 14.2 Å². The molecule has 1 fully saturated rings.